The van der Waals surface area contributed by atoms with E-state index < -0.39 is 0 Å². The number of fused-ring (bicyclic) bond motifs is 3. The van der Waals surface area contributed by atoms with Crippen LogP contribution in [0.5, 0.6) is 5.88 Å². The first-order valence-electron chi connectivity index (χ1n) is 13.4. The highest BCUT2D eigenvalue weighted by Crippen LogP contribution is 2.37. The number of hydrogen-bond donors (Lipinski definition) is 2. The van der Waals surface area contributed by atoms with Crippen molar-refractivity contribution in [2.24, 2.45) is 5.73 Å². The van der Waals surface area contributed by atoms with E-state index in [-0.39, 0.29) is 5.54 Å². The lowest BCUT2D eigenvalue weighted by atomic mass is 9.87. The number of hydrogen-bond acceptors (Lipinski definition) is 9. The predicted octanol–water partition coefficient (Wildman–Crippen LogP) is 3.04. The molecule has 8 rings (SSSR count). The van der Waals surface area contributed by atoms with Gasteiger partial charge in [-0.3, -0.25) is 4.90 Å². The number of ether oxygens (including phenoxy) is 1. The van der Waals surface area contributed by atoms with Gasteiger partial charge in [-0.1, -0.05) is 6.07 Å². The SMILES string of the molecule is COc1ccc(CN2C3CC2CN(c2ccc(-c4cc(NCC5(N)CC5)cn5ncc(C#N)c45)cn2)C3)cn1. The van der Waals surface area contributed by atoms with Gasteiger partial charge in [0, 0.05) is 73.4 Å². The van der Waals surface area contributed by atoms with Crippen LogP contribution in [-0.4, -0.2) is 68.8 Å². The predicted molar refractivity (Wildman–Crippen MR) is 149 cm³/mol. The molecule has 3 saturated heterocycles. The van der Waals surface area contributed by atoms with Crippen molar-refractivity contribution in [3.8, 4) is 23.1 Å². The van der Waals surface area contributed by atoms with Gasteiger partial charge in [-0.2, -0.15) is 10.4 Å². The normalized spacial score (nSPS) is 21.3. The summed E-state index contributed by atoms with van der Waals surface area (Å²) in [5.74, 6) is 1.63. The van der Waals surface area contributed by atoms with E-state index in [1.807, 2.05) is 24.7 Å². The second-order valence-electron chi connectivity index (χ2n) is 11.1. The van der Waals surface area contributed by atoms with Crippen molar-refractivity contribution in [2.45, 2.75) is 43.4 Å². The minimum absolute atomic E-state index is 0.115. The molecule has 4 aromatic rings. The molecule has 1 aliphatic carbocycles. The van der Waals surface area contributed by atoms with Crippen LogP contribution in [0.4, 0.5) is 11.5 Å². The van der Waals surface area contributed by atoms with E-state index in [4.69, 9.17) is 15.5 Å². The number of aromatic nitrogens is 4. The second kappa shape index (κ2) is 9.22. The number of pyridine rings is 3. The van der Waals surface area contributed by atoms with Crippen LogP contribution < -0.4 is 20.7 Å². The van der Waals surface area contributed by atoms with Crippen LogP contribution in [0.3, 0.4) is 0 Å². The third kappa shape index (κ3) is 4.43. The van der Waals surface area contributed by atoms with Crippen molar-refractivity contribution < 1.29 is 4.74 Å². The fraction of sp³-hybridized carbons (Fsp3) is 0.379. The Kier molecular flexibility index (Phi) is 5.65. The van der Waals surface area contributed by atoms with Gasteiger partial charge in [0.1, 0.15) is 11.9 Å². The van der Waals surface area contributed by atoms with E-state index in [1.54, 1.807) is 17.8 Å². The second-order valence-corrected chi connectivity index (χ2v) is 11.1. The summed E-state index contributed by atoms with van der Waals surface area (Å²) in [6, 6.07) is 13.6. The van der Waals surface area contributed by atoms with Crippen molar-refractivity contribution >= 4 is 17.0 Å². The van der Waals surface area contributed by atoms with E-state index in [9.17, 15) is 5.26 Å². The van der Waals surface area contributed by atoms with Crippen molar-refractivity contribution in [1.29, 1.82) is 5.26 Å². The molecular formula is C29H31N9O. The van der Waals surface area contributed by atoms with Gasteiger partial charge in [0.05, 0.1) is 36.3 Å². The Morgan fingerprint density at radius 3 is 2.64 bits per heavy atom. The quantitative estimate of drug-likeness (QED) is 0.360. The summed E-state index contributed by atoms with van der Waals surface area (Å²) in [6.45, 7) is 3.53. The van der Waals surface area contributed by atoms with Crippen LogP contribution in [0.25, 0.3) is 16.6 Å². The zero-order valence-corrected chi connectivity index (χ0v) is 21.9. The first kappa shape index (κ1) is 23.9. The number of methoxy groups -OCH3 is 1. The lowest BCUT2D eigenvalue weighted by Crippen LogP contribution is -2.68. The summed E-state index contributed by atoms with van der Waals surface area (Å²) in [6.07, 6.45) is 10.6. The summed E-state index contributed by atoms with van der Waals surface area (Å²) in [5.41, 5.74) is 11.5. The van der Waals surface area contributed by atoms with E-state index in [1.165, 1.54) is 12.0 Å². The van der Waals surface area contributed by atoms with E-state index >= 15 is 0 Å². The maximum absolute atomic E-state index is 9.69. The molecule has 2 atom stereocenters. The average molecular weight is 522 g/mol. The molecular weight excluding hydrogens is 490 g/mol. The van der Waals surface area contributed by atoms with E-state index in [0.717, 1.165) is 60.6 Å². The van der Waals surface area contributed by atoms with Crippen molar-refractivity contribution in [1.82, 2.24) is 24.5 Å². The zero-order chi connectivity index (χ0) is 26.6. The third-order valence-corrected chi connectivity index (χ3v) is 8.37. The topological polar surface area (TPSA) is 121 Å². The van der Waals surface area contributed by atoms with Gasteiger partial charge in [0.15, 0.2) is 0 Å². The number of nitrogens with zero attached hydrogens (tertiary/aromatic N) is 7. The molecule has 4 aromatic heterocycles. The van der Waals surface area contributed by atoms with Gasteiger partial charge in [-0.15, -0.1) is 0 Å². The largest absolute Gasteiger partial charge is 0.481 e. The Morgan fingerprint density at radius 2 is 1.97 bits per heavy atom. The lowest BCUT2D eigenvalue weighted by molar-refractivity contribution is -0.00876. The molecule has 10 heteroatoms. The summed E-state index contributed by atoms with van der Waals surface area (Å²) in [7, 11) is 1.64. The van der Waals surface area contributed by atoms with Gasteiger partial charge >= 0.3 is 0 Å². The molecule has 0 amide bonds. The van der Waals surface area contributed by atoms with Crippen LogP contribution in [-0.2, 0) is 6.54 Å². The molecule has 1 saturated carbocycles. The van der Waals surface area contributed by atoms with Gasteiger partial charge in [-0.25, -0.2) is 14.5 Å². The summed E-state index contributed by atoms with van der Waals surface area (Å²) >= 11 is 0. The van der Waals surface area contributed by atoms with E-state index in [2.05, 4.69) is 55.5 Å². The van der Waals surface area contributed by atoms with Crippen molar-refractivity contribution in [2.75, 3.05) is 37.0 Å². The number of piperazine rings is 1. The molecule has 4 aliphatic rings. The van der Waals surface area contributed by atoms with Crippen LogP contribution in [0, 0.1) is 11.3 Å². The van der Waals surface area contributed by atoms with Crippen LogP contribution in [0.15, 0.2) is 55.1 Å². The smallest absolute Gasteiger partial charge is 0.212 e. The Labute approximate surface area is 227 Å². The van der Waals surface area contributed by atoms with Crippen molar-refractivity contribution in [3.63, 3.8) is 0 Å². The van der Waals surface area contributed by atoms with Gasteiger partial charge in [-0.05, 0) is 43.0 Å². The molecule has 2 unspecified atom stereocenters. The first-order valence-corrected chi connectivity index (χ1v) is 13.4. The fourth-order valence-corrected chi connectivity index (χ4v) is 5.84. The maximum Gasteiger partial charge on any atom is 0.212 e. The van der Waals surface area contributed by atoms with Gasteiger partial charge < -0.3 is 20.7 Å². The molecule has 198 valence electrons. The highest BCUT2D eigenvalue weighted by atomic mass is 16.5. The lowest BCUT2D eigenvalue weighted by Gasteiger charge is -2.56. The molecule has 0 radical (unpaired) electrons. The van der Waals surface area contributed by atoms with Crippen LogP contribution in [0.2, 0.25) is 0 Å². The zero-order valence-electron chi connectivity index (χ0n) is 21.9. The molecule has 0 aromatic carbocycles. The van der Waals surface area contributed by atoms with Crippen LogP contribution in [0.1, 0.15) is 30.4 Å². The summed E-state index contributed by atoms with van der Waals surface area (Å²) < 4.78 is 6.95. The Bertz CT molecular complexity index is 1540. The number of nitriles is 1. The maximum atomic E-state index is 9.69. The monoisotopic (exact) mass is 521 g/mol. The number of rotatable bonds is 8. The Hall–Kier alpha value is -4.20. The molecule has 0 spiro atoms. The standard InChI is InChI=1S/C29H31N9O/c1-39-27-5-2-19(11-33-27)14-37-23-9-24(37)17-36(16-23)26-4-3-20(12-32-26)25-8-22(34-18-29(31)6-7-29)15-38-28(25)21(10-30)13-35-38/h2-5,8,11-13,15,23-24,34H,6-7,9,14,16-18,31H2,1H3. The number of nitrogens with two attached hydrogens (primary N) is 1. The first-order chi connectivity index (χ1) is 19.0. The van der Waals surface area contributed by atoms with Crippen molar-refractivity contribution in [3.05, 3.63) is 66.2 Å². The molecule has 3 aliphatic heterocycles. The molecule has 2 bridgehead atoms. The number of anilines is 2. The van der Waals surface area contributed by atoms with E-state index in [0.29, 0.717) is 30.1 Å². The number of nitrogens with one attached hydrogen (secondary N) is 1. The highest BCUT2D eigenvalue weighted by molar-refractivity contribution is 5.86. The van der Waals surface area contributed by atoms with Crippen LogP contribution >= 0.6 is 0 Å². The van der Waals surface area contributed by atoms with Gasteiger partial charge in [0.25, 0.3) is 0 Å². The Balaban J connectivity index is 1.08. The average Bonchev–Trinajstić information content (AvgIpc) is 3.58. The Morgan fingerprint density at radius 1 is 1.13 bits per heavy atom. The summed E-state index contributed by atoms with van der Waals surface area (Å²) in [5, 5.41) is 17.6. The molecule has 10 nitrogen and oxygen atoms in total. The molecule has 3 N–H and O–H groups in total. The number of piperidine rings is 1. The minimum Gasteiger partial charge on any atom is -0.481 e. The fourth-order valence-electron chi connectivity index (χ4n) is 5.84. The summed E-state index contributed by atoms with van der Waals surface area (Å²) in [4.78, 5) is 14.2. The molecule has 39 heavy (non-hydrogen) atoms. The molecule has 7 heterocycles. The van der Waals surface area contributed by atoms with Gasteiger partial charge in [0.2, 0.25) is 5.88 Å². The molecule has 4 fully saturated rings. The minimum atomic E-state index is -0.115. The highest BCUT2D eigenvalue weighted by Gasteiger charge is 2.44. The third-order valence-electron chi connectivity index (χ3n) is 8.37.